The van der Waals surface area contributed by atoms with Gasteiger partial charge in [0.2, 0.25) is 0 Å². The predicted molar refractivity (Wildman–Crippen MR) is 104 cm³/mol. The van der Waals surface area contributed by atoms with Crippen molar-refractivity contribution in [2.24, 2.45) is 0 Å². The van der Waals surface area contributed by atoms with Crippen molar-refractivity contribution in [1.29, 1.82) is 0 Å². The molecule has 0 atom stereocenters. The van der Waals surface area contributed by atoms with Gasteiger partial charge in [0, 0.05) is 37.3 Å². The summed E-state index contributed by atoms with van der Waals surface area (Å²) in [4.78, 5) is 19.8. The molecule has 0 unspecified atom stereocenters. The Morgan fingerprint density at radius 2 is 2.08 bits per heavy atom. The molecule has 0 N–H and O–H groups in total. The Labute approximate surface area is 156 Å². The fraction of sp³-hybridized carbons (Fsp3) is 0.400. The second-order valence-corrected chi connectivity index (χ2v) is 7.81. The van der Waals surface area contributed by atoms with Crippen molar-refractivity contribution in [3.05, 3.63) is 63.0 Å². The summed E-state index contributed by atoms with van der Waals surface area (Å²) in [6.07, 6.45) is 4.02. The number of aromatic nitrogens is 2. The molecule has 3 heterocycles. The van der Waals surface area contributed by atoms with Gasteiger partial charge in [-0.15, -0.1) is 11.3 Å². The Morgan fingerprint density at radius 1 is 1.27 bits per heavy atom. The number of nitrogens with zero attached hydrogens (tertiary/aromatic N) is 3. The first-order valence-electron chi connectivity index (χ1n) is 9.01. The molecule has 4 rings (SSSR count). The normalized spacial score (nSPS) is 16.2. The Kier molecular flexibility index (Phi) is 4.78. The van der Waals surface area contributed by atoms with Gasteiger partial charge in [-0.1, -0.05) is 12.1 Å². The lowest BCUT2D eigenvalue weighted by Crippen LogP contribution is -2.38. The van der Waals surface area contributed by atoms with Crippen LogP contribution in [-0.4, -0.2) is 33.5 Å². The number of rotatable bonds is 4. The molecule has 0 aliphatic carbocycles. The van der Waals surface area contributed by atoms with Crippen LogP contribution in [0.3, 0.4) is 0 Å². The zero-order valence-electron chi connectivity index (χ0n) is 15.1. The third-order valence-corrected chi connectivity index (χ3v) is 5.88. The molecule has 1 saturated heterocycles. The number of piperidine rings is 1. The minimum atomic E-state index is -0.000563. The summed E-state index contributed by atoms with van der Waals surface area (Å²) in [6, 6.07) is 7.88. The summed E-state index contributed by atoms with van der Waals surface area (Å²) in [6.45, 7) is 6.87. The lowest BCUT2D eigenvalue weighted by Gasteiger charge is -2.32. The van der Waals surface area contributed by atoms with Crippen molar-refractivity contribution < 1.29 is 4.74 Å². The van der Waals surface area contributed by atoms with Crippen molar-refractivity contribution in [3.8, 4) is 5.75 Å². The molecule has 3 aromatic rings. The molecule has 0 amide bonds. The molecular formula is C20H23N3O2S. The maximum absolute atomic E-state index is 12.1. The summed E-state index contributed by atoms with van der Waals surface area (Å²) < 4.78 is 7.83. The van der Waals surface area contributed by atoms with Crippen LogP contribution in [0, 0.1) is 13.8 Å². The van der Waals surface area contributed by atoms with E-state index in [-0.39, 0.29) is 11.7 Å². The summed E-state index contributed by atoms with van der Waals surface area (Å²) >= 11 is 1.50. The topological polar surface area (TPSA) is 46.8 Å². The molecule has 0 radical (unpaired) electrons. The van der Waals surface area contributed by atoms with Gasteiger partial charge < -0.3 is 4.74 Å². The number of likely N-dealkylation sites (tertiary alicyclic amines) is 1. The van der Waals surface area contributed by atoms with Gasteiger partial charge >= 0.3 is 0 Å². The van der Waals surface area contributed by atoms with E-state index in [9.17, 15) is 4.79 Å². The van der Waals surface area contributed by atoms with Crippen LogP contribution in [0.4, 0.5) is 0 Å². The van der Waals surface area contributed by atoms with Crippen molar-refractivity contribution in [1.82, 2.24) is 14.3 Å². The van der Waals surface area contributed by atoms with Crippen LogP contribution >= 0.6 is 11.3 Å². The Balaban J connectivity index is 1.37. The van der Waals surface area contributed by atoms with Gasteiger partial charge in [-0.2, -0.15) is 0 Å². The van der Waals surface area contributed by atoms with E-state index >= 15 is 0 Å². The Morgan fingerprint density at radius 3 is 2.88 bits per heavy atom. The number of ether oxygens (including phenoxy) is 1. The Bertz CT molecular complexity index is 971. The first-order valence-corrected chi connectivity index (χ1v) is 9.89. The SMILES string of the molecule is Cc1cccc(OC2CCN(Cc3cc(=O)n4ccsc4n3)CC2)c1C. The molecule has 1 aliphatic heterocycles. The van der Waals surface area contributed by atoms with Crippen LogP contribution in [0.1, 0.15) is 29.7 Å². The molecule has 136 valence electrons. The second-order valence-electron chi connectivity index (χ2n) is 6.93. The number of fused-ring (bicyclic) bond motifs is 1. The summed E-state index contributed by atoms with van der Waals surface area (Å²) in [5.41, 5.74) is 3.34. The van der Waals surface area contributed by atoms with Crippen molar-refractivity contribution >= 4 is 16.3 Å². The molecule has 6 heteroatoms. The highest BCUT2D eigenvalue weighted by Gasteiger charge is 2.22. The molecule has 2 aromatic heterocycles. The van der Waals surface area contributed by atoms with E-state index in [1.807, 2.05) is 5.38 Å². The molecule has 1 aromatic carbocycles. The smallest absolute Gasteiger partial charge is 0.258 e. The van der Waals surface area contributed by atoms with E-state index in [4.69, 9.17) is 4.74 Å². The van der Waals surface area contributed by atoms with Gasteiger partial charge in [0.15, 0.2) is 4.96 Å². The summed E-state index contributed by atoms with van der Waals surface area (Å²) in [5, 5.41) is 1.89. The molecule has 0 bridgehead atoms. The highest BCUT2D eigenvalue weighted by molar-refractivity contribution is 7.15. The number of benzene rings is 1. The molecular weight excluding hydrogens is 346 g/mol. The van der Waals surface area contributed by atoms with Gasteiger partial charge in [0.05, 0.1) is 5.69 Å². The van der Waals surface area contributed by atoms with Crippen molar-refractivity contribution in [3.63, 3.8) is 0 Å². The number of aryl methyl sites for hydroxylation is 1. The van der Waals surface area contributed by atoms with Crippen LogP contribution in [0.5, 0.6) is 5.75 Å². The van der Waals surface area contributed by atoms with Gasteiger partial charge in [-0.25, -0.2) is 4.98 Å². The van der Waals surface area contributed by atoms with E-state index in [2.05, 4.69) is 41.9 Å². The Hall–Kier alpha value is -2.18. The average Bonchev–Trinajstić information content (AvgIpc) is 3.10. The van der Waals surface area contributed by atoms with Crippen LogP contribution in [0.25, 0.3) is 4.96 Å². The van der Waals surface area contributed by atoms with E-state index in [1.54, 1.807) is 16.7 Å². The lowest BCUT2D eigenvalue weighted by molar-refractivity contribution is 0.0955. The van der Waals surface area contributed by atoms with Gasteiger partial charge in [0.1, 0.15) is 11.9 Å². The fourth-order valence-corrected chi connectivity index (χ4v) is 4.15. The van der Waals surface area contributed by atoms with Gasteiger partial charge in [-0.3, -0.25) is 14.1 Å². The van der Waals surface area contributed by atoms with E-state index in [0.717, 1.165) is 48.9 Å². The van der Waals surface area contributed by atoms with Crippen LogP contribution in [0.15, 0.2) is 40.6 Å². The summed E-state index contributed by atoms with van der Waals surface area (Å²) in [5.74, 6) is 1.00. The predicted octanol–water partition coefficient (Wildman–Crippen LogP) is 3.42. The first kappa shape index (κ1) is 17.2. The highest BCUT2D eigenvalue weighted by Crippen LogP contribution is 2.25. The van der Waals surface area contributed by atoms with E-state index in [0.29, 0.717) is 0 Å². The zero-order chi connectivity index (χ0) is 18.1. The number of thiazole rings is 1. The van der Waals surface area contributed by atoms with Gasteiger partial charge in [-0.05, 0) is 43.9 Å². The zero-order valence-corrected chi connectivity index (χ0v) is 16.0. The largest absolute Gasteiger partial charge is 0.490 e. The minimum absolute atomic E-state index is 0.000563. The summed E-state index contributed by atoms with van der Waals surface area (Å²) in [7, 11) is 0. The molecule has 1 fully saturated rings. The minimum Gasteiger partial charge on any atom is -0.490 e. The quantitative estimate of drug-likeness (QED) is 0.707. The number of hydrogen-bond acceptors (Lipinski definition) is 5. The van der Waals surface area contributed by atoms with Crippen molar-refractivity contribution in [2.45, 2.75) is 39.3 Å². The lowest BCUT2D eigenvalue weighted by atomic mass is 10.1. The molecule has 5 nitrogen and oxygen atoms in total. The van der Waals surface area contributed by atoms with Crippen LogP contribution < -0.4 is 10.3 Å². The molecule has 1 aliphatic rings. The number of hydrogen-bond donors (Lipinski definition) is 0. The first-order chi connectivity index (χ1) is 12.6. The third-order valence-electron chi connectivity index (χ3n) is 5.13. The molecule has 0 spiro atoms. The third kappa shape index (κ3) is 3.52. The fourth-order valence-electron chi connectivity index (χ4n) is 3.41. The van der Waals surface area contributed by atoms with Crippen molar-refractivity contribution in [2.75, 3.05) is 13.1 Å². The second kappa shape index (κ2) is 7.21. The van der Waals surface area contributed by atoms with Crippen LogP contribution in [0.2, 0.25) is 0 Å². The average molecular weight is 369 g/mol. The highest BCUT2D eigenvalue weighted by atomic mass is 32.1. The van der Waals surface area contributed by atoms with Crippen LogP contribution in [-0.2, 0) is 6.54 Å². The maximum Gasteiger partial charge on any atom is 0.258 e. The molecule has 0 saturated carbocycles. The standard InChI is InChI=1S/C20H23N3O2S/c1-14-4-3-5-18(15(14)2)25-17-6-8-22(9-7-17)13-16-12-19(24)23-10-11-26-20(23)21-16/h3-5,10-12,17H,6-9,13H2,1-2H3. The molecule has 26 heavy (non-hydrogen) atoms. The van der Waals surface area contributed by atoms with Gasteiger partial charge in [0.25, 0.3) is 5.56 Å². The van der Waals surface area contributed by atoms with E-state index < -0.39 is 0 Å². The van der Waals surface area contributed by atoms with E-state index in [1.165, 1.54) is 22.5 Å². The monoisotopic (exact) mass is 369 g/mol. The maximum atomic E-state index is 12.1.